The molecule has 1 aliphatic carbocycles. The van der Waals surface area contributed by atoms with Gasteiger partial charge < -0.3 is 14.7 Å². The summed E-state index contributed by atoms with van der Waals surface area (Å²) >= 11 is 0. The average molecular weight is 277 g/mol. The highest BCUT2D eigenvalue weighted by Gasteiger charge is 2.17. The van der Waals surface area contributed by atoms with Gasteiger partial charge >= 0.3 is 0 Å². The van der Waals surface area contributed by atoms with E-state index < -0.39 is 6.10 Å². The first kappa shape index (κ1) is 15.3. The van der Waals surface area contributed by atoms with Gasteiger partial charge in [-0.05, 0) is 43.5 Å². The summed E-state index contributed by atoms with van der Waals surface area (Å²) in [5.74, 6) is 1.61. The van der Waals surface area contributed by atoms with Gasteiger partial charge in [-0.3, -0.25) is 0 Å². The van der Waals surface area contributed by atoms with Crippen LogP contribution in [0.1, 0.15) is 43.8 Å². The lowest BCUT2D eigenvalue weighted by Crippen LogP contribution is -2.30. The van der Waals surface area contributed by atoms with Crippen molar-refractivity contribution in [3.8, 4) is 5.75 Å². The zero-order chi connectivity index (χ0) is 14.4. The predicted octanol–water partition coefficient (Wildman–Crippen LogP) is 3.24. The van der Waals surface area contributed by atoms with E-state index in [9.17, 15) is 5.11 Å². The first-order chi connectivity index (χ1) is 9.69. The molecule has 20 heavy (non-hydrogen) atoms. The van der Waals surface area contributed by atoms with Gasteiger partial charge in [0.05, 0.1) is 13.2 Å². The second-order valence-corrected chi connectivity index (χ2v) is 6.02. The standard InChI is InChI=1S/C17H27NO2/c1-18(12-14-7-4-3-5-8-14)13-17(19)15-9-6-10-16(11-15)20-2/h6,9-11,14,17,19H,3-5,7-8,12-13H2,1-2H3. The Labute approximate surface area is 122 Å². The Kier molecular flexibility index (Phi) is 5.86. The van der Waals surface area contributed by atoms with Crippen molar-refractivity contribution in [1.29, 1.82) is 0 Å². The van der Waals surface area contributed by atoms with Crippen molar-refractivity contribution < 1.29 is 9.84 Å². The Morgan fingerprint density at radius 1 is 1.30 bits per heavy atom. The minimum atomic E-state index is -0.446. The van der Waals surface area contributed by atoms with Crippen LogP contribution in [0.15, 0.2) is 24.3 Å². The van der Waals surface area contributed by atoms with Gasteiger partial charge in [-0.2, -0.15) is 0 Å². The smallest absolute Gasteiger partial charge is 0.119 e. The van der Waals surface area contributed by atoms with E-state index in [0.717, 1.165) is 23.8 Å². The number of likely N-dealkylation sites (N-methyl/N-ethyl adjacent to an activating group) is 1. The summed E-state index contributed by atoms with van der Waals surface area (Å²) in [5.41, 5.74) is 0.930. The van der Waals surface area contributed by atoms with Crippen LogP contribution in [-0.2, 0) is 0 Å². The molecule has 1 atom stereocenters. The van der Waals surface area contributed by atoms with Crippen LogP contribution in [0.4, 0.5) is 0 Å². The number of methoxy groups -OCH3 is 1. The molecule has 1 fully saturated rings. The van der Waals surface area contributed by atoms with E-state index in [1.54, 1.807) is 7.11 Å². The molecule has 3 nitrogen and oxygen atoms in total. The number of aliphatic hydroxyl groups excluding tert-OH is 1. The van der Waals surface area contributed by atoms with Gasteiger partial charge in [0.1, 0.15) is 5.75 Å². The quantitative estimate of drug-likeness (QED) is 0.866. The summed E-state index contributed by atoms with van der Waals surface area (Å²) < 4.78 is 5.21. The third-order valence-corrected chi connectivity index (χ3v) is 4.26. The van der Waals surface area contributed by atoms with Crippen molar-refractivity contribution in [3.63, 3.8) is 0 Å². The molecule has 0 bridgehead atoms. The van der Waals surface area contributed by atoms with Crippen LogP contribution >= 0.6 is 0 Å². The van der Waals surface area contributed by atoms with Crippen LogP contribution < -0.4 is 4.74 Å². The molecule has 112 valence electrons. The van der Waals surface area contributed by atoms with Crippen LogP contribution in [0.2, 0.25) is 0 Å². The van der Waals surface area contributed by atoms with Crippen LogP contribution in [0, 0.1) is 5.92 Å². The fourth-order valence-electron chi connectivity index (χ4n) is 3.13. The number of benzene rings is 1. The summed E-state index contributed by atoms with van der Waals surface area (Å²) in [7, 11) is 3.76. The molecule has 1 saturated carbocycles. The topological polar surface area (TPSA) is 32.7 Å². The highest BCUT2D eigenvalue weighted by Crippen LogP contribution is 2.25. The molecule has 0 aromatic heterocycles. The van der Waals surface area contributed by atoms with Crippen molar-refractivity contribution in [1.82, 2.24) is 4.90 Å². The molecule has 1 unspecified atom stereocenters. The molecule has 1 aromatic rings. The van der Waals surface area contributed by atoms with E-state index in [1.807, 2.05) is 24.3 Å². The third kappa shape index (κ3) is 4.50. The van der Waals surface area contributed by atoms with Gasteiger partial charge in [-0.15, -0.1) is 0 Å². The molecule has 0 aliphatic heterocycles. The molecule has 0 radical (unpaired) electrons. The van der Waals surface area contributed by atoms with Crippen molar-refractivity contribution >= 4 is 0 Å². The van der Waals surface area contributed by atoms with E-state index in [4.69, 9.17) is 4.74 Å². The third-order valence-electron chi connectivity index (χ3n) is 4.26. The van der Waals surface area contributed by atoms with Gasteiger partial charge in [0.15, 0.2) is 0 Å². The maximum absolute atomic E-state index is 10.3. The van der Waals surface area contributed by atoms with Crippen molar-refractivity contribution in [2.24, 2.45) is 5.92 Å². The minimum Gasteiger partial charge on any atom is -0.497 e. The number of rotatable bonds is 6. The maximum atomic E-state index is 10.3. The SMILES string of the molecule is COc1cccc(C(O)CN(C)CC2CCCCC2)c1. The summed E-state index contributed by atoms with van der Waals surface area (Å²) in [6.07, 6.45) is 6.39. The van der Waals surface area contributed by atoms with E-state index >= 15 is 0 Å². The Balaban J connectivity index is 1.84. The van der Waals surface area contributed by atoms with Crippen molar-refractivity contribution in [2.45, 2.75) is 38.2 Å². The van der Waals surface area contributed by atoms with E-state index in [1.165, 1.54) is 32.1 Å². The number of aliphatic hydroxyl groups is 1. The number of hydrogen-bond donors (Lipinski definition) is 1. The van der Waals surface area contributed by atoms with Crippen LogP contribution in [0.5, 0.6) is 5.75 Å². The second-order valence-electron chi connectivity index (χ2n) is 6.02. The van der Waals surface area contributed by atoms with Gasteiger partial charge in [-0.25, -0.2) is 0 Å². The lowest BCUT2D eigenvalue weighted by molar-refractivity contribution is 0.113. The Morgan fingerprint density at radius 2 is 2.05 bits per heavy atom. The number of hydrogen-bond acceptors (Lipinski definition) is 3. The highest BCUT2D eigenvalue weighted by molar-refractivity contribution is 5.29. The second kappa shape index (κ2) is 7.65. The number of ether oxygens (including phenoxy) is 1. The maximum Gasteiger partial charge on any atom is 0.119 e. The summed E-state index contributed by atoms with van der Waals surface area (Å²) in [5, 5.41) is 10.3. The summed E-state index contributed by atoms with van der Waals surface area (Å²) in [6.45, 7) is 1.78. The first-order valence-electron chi connectivity index (χ1n) is 7.69. The first-order valence-corrected chi connectivity index (χ1v) is 7.69. The predicted molar refractivity (Wildman–Crippen MR) is 82.0 cm³/mol. The van der Waals surface area contributed by atoms with E-state index in [-0.39, 0.29) is 0 Å². The summed E-state index contributed by atoms with van der Waals surface area (Å²) in [4.78, 5) is 2.26. The zero-order valence-electron chi connectivity index (χ0n) is 12.7. The molecule has 0 saturated heterocycles. The van der Waals surface area contributed by atoms with Crippen LogP contribution in [0.25, 0.3) is 0 Å². The minimum absolute atomic E-state index is 0.446. The molecule has 0 amide bonds. The molecule has 2 rings (SSSR count). The fourth-order valence-corrected chi connectivity index (χ4v) is 3.13. The van der Waals surface area contributed by atoms with Crippen molar-refractivity contribution in [3.05, 3.63) is 29.8 Å². The fraction of sp³-hybridized carbons (Fsp3) is 0.647. The molecule has 1 aliphatic rings. The molecule has 1 N–H and O–H groups in total. The monoisotopic (exact) mass is 277 g/mol. The molecule has 0 spiro atoms. The van der Waals surface area contributed by atoms with Crippen molar-refractivity contribution in [2.75, 3.05) is 27.2 Å². The van der Waals surface area contributed by atoms with Gasteiger partial charge in [0.25, 0.3) is 0 Å². The van der Waals surface area contributed by atoms with E-state index in [2.05, 4.69) is 11.9 Å². The normalized spacial score (nSPS) is 18.2. The lowest BCUT2D eigenvalue weighted by atomic mass is 9.89. The molecular weight excluding hydrogens is 250 g/mol. The largest absolute Gasteiger partial charge is 0.497 e. The number of nitrogens with zero attached hydrogens (tertiary/aromatic N) is 1. The van der Waals surface area contributed by atoms with Gasteiger partial charge in [0.2, 0.25) is 0 Å². The molecular formula is C17H27NO2. The van der Waals surface area contributed by atoms with Crippen LogP contribution in [-0.4, -0.2) is 37.3 Å². The van der Waals surface area contributed by atoms with E-state index in [0.29, 0.717) is 6.54 Å². The van der Waals surface area contributed by atoms with Gasteiger partial charge in [0, 0.05) is 13.1 Å². The average Bonchev–Trinajstić information content (AvgIpc) is 2.48. The van der Waals surface area contributed by atoms with Crippen LogP contribution in [0.3, 0.4) is 0 Å². The Bertz CT molecular complexity index is 402. The Morgan fingerprint density at radius 3 is 2.75 bits per heavy atom. The molecule has 0 heterocycles. The Hall–Kier alpha value is -1.06. The summed E-state index contributed by atoms with van der Waals surface area (Å²) in [6, 6.07) is 7.71. The molecule has 3 heteroatoms. The van der Waals surface area contributed by atoms with Gasteiger partial charge in [-0.1, -0.05) is 31.4 Å². The lowest BCUT2D eigenvalue weighted by Gasteiger charge is -2.28. The molecule has 1 aromatic carbocycles. The zero-order valence-corrected chi connectivity index (χ0v) is 12.7. The highest BCUT2D eigenvalue weighted by atomic mass is 16.5.